The van der Waals surface area contributed by atoms with Crippen LogP contribution in [0.15, 0.2) is 46.2 Å². The fourth-order valence-corrected chi connectivity index (χ4v) is 2.40. The third-order valence-corrected chi connectivity index (χ3v) is 3.69. The number of sulfonamides is 1. The SMILES string of the molecule is O=C(NS(=O)(=O)c1cccc(C(F)(F)F)c1)c1cocn1. The Morgan fingerprint density at radius 2 is 2.00 bits per heavy atom. The number of alkyl halides is 3. The van der Waals surface area contributed by atoms with Gasteiger partial charge in [0.2, 0.25) is 0 Å². The highest BCUT2D eigenvalue weighted by Gasteiger charge is 2.32. The summed E-state index contributed by atoms with van der Waals surface area (Å²) in [5.41, 5.74) is -1.45. The van der Waals surface area contributed by atoms with Gasteiger partial charge < -0.3 is 4.42 Å². The number of oxazole rings is 1. The van der Waals surface area contributed by atoms with Gasteiger partial charge in [0.25, 0.3) is 15.9 Å². The average molecular weight is 320 g/mol. The first-order chi connectivity index (χ1) is 9.70. The number of carbonyl (C=O) groups excluding carboxylic acids is 1. The molecule has 0 aliphatic heterocycles. The van der Waals surface area contributed by atoms with E-state index < -0.39 is 32.6 Å². The molecule has 10 heteroatoms. The van der Waals surface area contributed by atoms with Crippen molar-refractivity contribution >= 4 is 15.9 Å². The number of hydrogen-bond acceptors (Lipinski definition) is 5. The Hall–Kier alpha value is -2.36. The third-order valence-electron chi connectivity index (χ3n) is 2.36. The number of amides is 1. The van der Waals surface area contributed by atoms with E-state index in [1.807, 2.05) is 0 Å². The van der Waals surface area contributed by atoms with Gasteiger partial charge in [-0.1, -0.05) is 6.07 Å². The lowest BCUT2D eigenvalue weighted by Gasteiger charge is -2.09. The van der Waals surface area contributed by atoms with Crippen LogP contribution in [-0.2, 0) is 16.2 Å². The topological polar surface area (TPSA) is 89.3 Å². The summed E-state index contributed by atoms with van der Waals surface area (Å²) in [6, 6.07) is 3.02. The number of halogens is 3. The lowest BCUT2D eigenvalue weighted by molar-refractivity contribution is -0.137. The maximum atomic E-state index is 12.5. The molecule has 2 rings (SSSR count). The molecule has 0 aliphatic carbocycles. The van der Waals surface area contributed by atoms with E-state index in [0.717, 1.165) is 30.9 Å². The predicted molar refractivity (Wildman–Crippen MR) is 62.6 cm³/mol. The van der Waals surface area contributed by atoms with Crippen molar-refractivity contribution in [3.05, 3.63) is 48.2 Å². The van der Waals surface area contributed by atoms with Gasteiger partial charge in [0, 0.05) is 0 Å². The van der Waals surface area contributed by atoms with Crippen LogP contribution in [-0.4, -0.2) is 19.3 Å². The minimum atomic E-state index is -4.69. The Kier molecular flexibility index (Phi) is 3.73. The second-order valence-electron chi connectivity index (χ2n) is 3.83. The van der Waals surface area contributed by atoms with Gasteiger partial charge in [0.05, 0.1) is 10.5 Å². The lowest BCUT2D eigenvalue weighted by atomic mass is 10.2. The minimum absolute atomic E-state index is 0.314. The van der Waals surface area contributed by atoms with Crippen LogP contribution < -0.4 is 4.72 Å². The summed E-state index contributed by atoms with van der Waals surface area (Å²) >= 11 is 0. The van der Waals surface area contributed by atoms with E-state index in [4.69, 9.17) is 0 Å². The predicted octanol–water partition coefficient (Wildman–Crippen LogP) is 1.81. The number of aromatic nitrogens is 1. The molecular weight excluding hydrogens is 313 g/mol. The van der Waals surface area contributed by atoms with Crippen molar-refractivity contribution in [3.63, 3.8) is 0 Å². The second kappa shape index (κ2) is 5.20. The van der Waals surface area contributed by atoms with Crippen LogP contribution >= 0.6 is 0 Å². The standard InChI is InChI=1S/C11H7F3N2O4S/c12-11(13,14)7-2-1-3-8(4-7)21(18,19)16-10(17)9-5-20-6-15-9/h1-6H,(H,16,17). The summed E-state index contributed by atoms with van der Waals surface area (Å²) in [5, 5.41) is 0. The molecule has 1 aromatic carbocycles. The maximum absolute atomic E-state index is 12.5. The number of rotatable bonds is 3. The zero-order valence-electron chi connectivity index (χ0n) is 10.1. The van der Waals surface area contributed by atoms with Gasteiger partial charge in [-0.25, -0.2) is 18.1 Å². The van der Waals surface area contributed by atoms with E-state index >= 15 is 0 Å². The maximum Gasteiger partial charge on any atom is 0.416 e. The van der Waals surface area contributed by atoms with Crippen molar-refractivity contribution in [1.82, 2.24) is 9.71 Å². The number of carbonyl (C=O) groups is 1. The zero-order valence-corrected chi connectivity index (χ0v) is 10.9. The number of hydrogen-bond donors (Lipinski definition) is 1. The van der Waals surface area contributed by atoms with Gasteiger partial charge in [0.1, 0.15) is 6.26 Å². The van der Waals surface area contributed by atoms with E-state index in [-0.39, 0.29) is 5.69 Å². The normalized spacial score (nSPS) is 12.1. The molecule has 1 aromatic heterocycles. The van der Waals surface area contributed by atoms with Gasteiger partial charge in [-0.3, -0.25) is 4.79 Å². The average Bonchev–Trinajstić information content (AvgIpc) is 2.91. The molecule has 0 aliphatic rings. The van der Waals surface area contributed by atoms with Crippen molar-refractivity contribution in [2.75, 3.05) is 0 Å². The van der Waals surface area contributed by atoms with Crippen LogP contribution in [0.2, 0.25) is 0 Å². The zero-order chi connectivity index (χ0) is 15.7. The molecule has 112 valence electrons. The second-order valence-corrected chi connectivity index (χ2v) is 5.52. The molecule has 0 saturated heterocycles. The molecule has 0 bridgehead atoms. The lowest BCUT2D eigenvalue weighted by Crippen LogP contribution is -2.31. The van der Waals surface area contributed by atoms with E-state index in [9.17, 15) is 26.4 Å². The van der Waals surface area contributed by atoms with Crippen molar-refractivity contribution < 1.29 is 30.8 Å². The van der Waals surface area contributed by atoms with Gasteiger partial charge in [-0.15, -0.1) is 0 Å². The molecular formula is C11H7F3N2O4S. The highest BCUT2D eigenvalue weighted by atomic mass is 32.2. The van der Waals surface area contributed by atoms with Crippen molar-refractivity contribution in [1.29, 1.82) is 0 Å². The first-order valence-corrected chi connectivity index (χ1v) is 6.81. The molecule has 0 atom stereocenters. The smallest absolute Gasteiger partial charge is 0.416 e. The van der Waals surface area contributed by atoms with Gasteiger partial charge >= 0.3 is 6.18 Å². The Morgan fingerprint density at radius 1 is 1.29 bits per heavy atom. The molecule has 2 aromatic rings. The van der Waals surface area contributed by atoms with Crippen LogP contribution in [0.1, 0.15) is 16.1 Å². The van der Waals surface area contributed by atoms with E-state index in [0.29, 0.717) is 6.07 Å². The van der Waals surface area contributed by atoms with Crippen LogP contribution in [0.4, 0.5) is 13.2 Å². The van der Waals surface area contributed by atoms with Crippen molar-refractivity contribution in [2.24, 2.45) is 0 Å². The molecule has 0 radical (unpaired) electrons. The molecule has 1 heterocycles. The largest absolute Gasteiger partial charge is 0.451 e. The van der Waals surface area contributed by atoms with Crippen LogP contribution in [0, 0.1) is 0 Å². The molecule has 0 spiro atoms. The molecule has 1 amide bonds. The third kappa shape index (κ3) is 3.40. The minimum Gasteiger partial charge on any atom is -0.451 e. The van der Waals surface area contributed by atoms with E-state index in [1.165, 1.54) is 0 Å². The Morgan fingerprint density at radius 3 is 2.57 bits per heavy atom. The fraction of sp³-hybridized carbons (Fsp3) is 0.0909. The summed E-state index contributed by atoms with van der Waals surface area (Å²) in [6.07, 6.45) is -2.88. The molecule has 0 saturated carbocycles. The molecule has 6 nitrogen and oxygen atoms in total. The van der Waals surface area contributed by atoms with E-state index in [1.54, 1.807) is 4.72 Å². The Labute approximate surface area is 116 Å². The van der Waals surface area contributed by atoms with Gasteiger partial charge in [-0.2, -0.15) is 13.2 Å². The summed E-state index contributed by atoms with van der Waals surface area (Å²) < 4.78 is 67.4. The summed E-state index contributed by atoms with van der Waals surface area (Å²) in [7, 11) is -4.45. The van der Waals surface area contributed by atoms with Crippen LogP contribution in [0.3, 0.4) is 0 Å². The van der Waals surface area contributed by atoms with Crippen LogP contribution in [0.5, 0.6) is 0 Å². The molecule has 0 unspecified atom stereocenters. The quantitative estimate of drug-likeness (QED) is 0.931. The summed E-state index contributed by atoms with van der Waals surface area (Å²) in [4.78, 5) is 14.3. The van der Waals surface area contributed by atoms with Crippen molar-refractivity contribution in [3.8, 4) is 0 Å². The summed E-state index contributed by atoms with van der Waals surface area (Å²) in [6.45, 7) is 0. The van der Waals surface area contributed by atoms with E-state index in [2.05, 4.69) is 9.40 Å². The Balaban J connectivity index is 2.30. The molecule has 1 N–H and O–H groups in total. The number of nitrogens with zero attached hydrogens (tertiary/aromatic N) is 1. The molecule has 21 heavy (non-hydrogen) atoms. The fourth-order valence-electron chi connectivity index (χ4n) is 1.40. The molecule has 0 fully saturated rings. The van der Waals surface area contributed by atoms with Crippen molar-refractivity contribution in [2.45, 2.75) is 11.1 Å². The number of nitrogens with one attached hydrogen (secondary N) is 1. The monoisotopic (exact) mass is 320 g/mol. The van der Waals surface area contributed by atoms with Crippen LogP contribution in [0.25, 0.3) is 0 Å². The highest BCUT2D eigenvalue weighted by Crippen LogP contribution is 2.30. The summed E-state index contributed by atoms with van der Waals surface area (Å²) in [5.74, 6) is -1.11. The first kappa shape index (κ1) is 15.0. The first-order valence-electron chi connectivity index (χ1n) is 5.33. The van der Waals surface area contributed by atoms with Gasteiger partial charge in [0.15, 0.2) is 12.1 Å². The number of benzene rings is 1. The van der Waals surface area contributed by atoms with Gasteiger partial charge in [-0.05, 0) is 18.2 Å². The Bertz CT molecular complexity index is 754. The highest BCUT2D eigenvalue weighted by molar-refractivity contribution is 7.90.